The van der Waals surface area contributed by atoms with Crippen LogP contribution in [0.3, 0.4) is 0 Å². The Kier molecular flexibility index (Phi) is 3.29. The lowest BCUT2D eigenvalue weighted by Gasteiger charge is -2.41. The minimum atomic E-state index is 0.150. The van der Waals surface area contributed by atoms with E-state index in [0.717, 1.165) is 29.4 Å². The van der Waals surface area contributed by atoms with E-state index in [2.05, 4.69) is 27.9 Å². The molecule has 0 spiro atoms. The topological polar surface area (TPSA) is 70.6 Å². The fourth-order valence-corrected chi connectivity index (χ4v) is 4.05. The maximum atomic E-state index is 9.46. The van der Waals surface area contributed by atoms with Crippen LogP contribution in [-0.4, -0.2) is 25.6 Å². The maximum Gasteiger partial charge on any atom is 0.164 e. The molecule has 3 heterocycles. The Bertz CT molecular complexity index is 781. The highest BCUT2D eigenvalue weighted by Crippen LogP contribution is 2.43. The van der Waals surface area contributed by atoms with Crippen molar-refractivity contribution in [2.45, 2.75) is 58.0 Å². The molecule has 1 atom stereocenters. The molecule has 2 aliphatic rings. The maximum absolute atomic E-state index is 9.46. The molecule has 0 saturated heterocycles. The van der Waals surface area contributed by atoms with Crippen molar-refractivity contribution >= 4 is 5.82 Å². The summed E-state index contributed by atoms with van der Waals surface area (Å²) >= 11 is 0. The molecular formula is C17H20N6. The highest BCUT2D eigenvalue weighted by atomic mass is 15.3. The van der Waals surface area contributed by atoms with Crippen molar-refractivity contribution in [3.8, 4) is 11.8 Å². The Morgan fingerprint density at radius 2 is 2.09 bits per heavy atom. The Hall–Kier alpha value is -2.42. The van der Waals surface area contributed by atoms with Gasteiger partial charge in [-0.25, -0.2) is 15.0 Å². The molecule has 4 rings (SSSR count). The predicted molar refractivity (Wildman–Crippen MR) is 86.4 cm³/mol. The van der Waals surface area contributed by atoms with Gasteiger partial charge >= 0.3 is 0 Å². The minimum absolute atomic E-state index is 0.150. The first-order valence-corrected chi connectivity index (χ1v) is 8.34. The number of rotatable bonds is 2. The number of hydrogen-bond donors (Lipinski definition) is 0. The lowest BCUT2D eigenvalue weighted by Crippen LogP contribution is -2.42. The summed E-state index contributed by atoms with van der Waals surface area (Å²) < 4.78 is 2.01. The van der Waals surface area contributed by atoms with Gasteiger partial charge in [0, 0.05) is 6.04 Å². The number of hydrogen-bond acceptors (Lipinski definition) is 5. The zero-order chi connectivity index (χ0) is 16.0. The van der Waals surface area contributed by atoms with Crippen LogP contribution in [0, 0.1) is 18.3 Å². The van der Waals surface area contributed by atoms with Crippen LogP contribution in [0.5, 0.6) is 0 Å². The lowest BCUT2D eigenvalue weighted by molar-refractivity contribution is 0.477. The molecule has 0 amide bonds. The van der Waals surface area contributed by atoms with Gasteiger partial charge in [0.1, 0.15) is 23.9 Å². The molecule has 6 nitrogen and oxygen atoms in total. The molecule has 1 saturated carbocycles. The van der Waals surface area contributed by atoms with E-state index < -0.39 is 0 Å². The third-order valence-electron chi connectivity index (χ3n) is 5.04. The van der Waals surface area contributed by atoms with E-state index >= 15 is 0 Å². The summed E-state index contributed by atoms with van der Waals surface area (Å²) in [7, 11) is 0. The highest BCUT2D eigenvalue weighted by Gasteiger charge is 2.39. The van der Waals surface area contributed by atoms with Crippen LogP contribution in [0.4, 0.5) is 5.82 Å². The van der Waals surface area contributed by atoms with E-state index in [0.29, 0.717) is 11.7 Å². The van der Waals surface area contributed by atoms with E-state index in [4.69, 9.17) is 4.98 Å². The summed E-state index contributed by atoms with van der Waals surface area (Å²) in [5, 5.41) is 9.46. The van der Waals surface area contributed by atoms with Gasteiger partial charge in [-0.2, -0.15) is 5.26 Å². The van der Waals surface area contributed by atoms with Crippen molar-refractivity contribution in [3.63, 3.8) is 0 Å². The minimum Gasteiger partial charge on any atom is -0.343 e. The number of nitrogens with zero attached hydrogens (tertiary/aromatic N) is 6. The fourth-order valence-electron chi connectivity index (χ4n) is 4.05. The summed E-state index contributed by atoms with van der Waals surface area (Å²) in [5.41, 5.74) is 2.45. The van der Waals surface area contributed by atoms with Crippen LogP contribution in [0.15, 0.2) is 12.5 Å². The number of anilines is 1. The lowest BCUT2D eigenvalue weighted by atomic mass is 10.0. The molecule has 23 heavy (non-hydrogen) atoms. The third-order valence-corrected chi connectivity index (χ3v) is 5.04. The molecule has 1 aliphatic carbocycles. The molecule has 1 unspecified atom stereocenters. The van der Waals surface area contributed by atoms with Gasteiger partial charge in [-0.1, -0.05) is 19.8 Å². The second-order valence-corrected chi connectivity index (χ2v) is 6.36. The normalized spacial score (nSPS) is 20.2. The predicted octanol–water partition coefficient (Wildman–Crippen LogP) is 3.06. The van der Waals surface area contributed by atoms with E-state index in [-0.39, 0.29) is 6.04 Å². The molecule has 0 N–H and O–H groups in total. The molecule has 0 bridgehead atoms. The van der Waals surface area contributed by atoms with Crippen molar-refractivity contribution < 1.29 is 0 Å². The summed E-state index contributed by atoms with van der Waals surface area (Å²) in [5.74, 6) is 1.77. The Morgan fingerprint density at radius 3 is 2.78 bits per heavy atom. The average Bonchev–Trinajstić information content (AvgIpc) is 3.22. The van der Waals surface area contributed by atoms with Crippen LogP contribution in [-0.2, 0) is 0 Å². The standard InChI is InChI=1S/C17H20N6/c1-3-14-16-13(8-18)20-10-22(16)15-9-19-11(2)21-17(15)23(14)12-6-4-5-7-12/h9-10,12,14H,3-7H2,1-2H3. The largest absolute Gasteiger partial charge is 0.343 e. The van der Waals surface area contributed by atoms with Gasteiger partial charge in [-0.15, -0.1) is 0 Å². The van der Waals surface area contributed by atoms with Gasteiger partial charge in [-0.3, -0.25) is 4.57 Å². The fraction of sp³-hybridized carbons (Fsp3) is 0.529. The number of fused-ring (bicyclic) bond motifs is 3. The first-order valence-electron chi connectivity index (χ1n) is 8.34. The summed E-state index contributed by atoms with van der Waals surface area (Å²) in [6.45, 7) is 4.10. The second kappa shape index (κ2) is 5.34. The molecule has 0 radical (unpaired) electrons. The zero-order valence-electron chi connectivity index (χ0n) is 13.5. The van der Waals surface area contributed by atoms with Crippen LogP contribution in [0.25, 0.3) is 5.69 Å². The molecule has 6 heteroatoms. The molecule has 0 aromatic carbocycles. The summed E-state index contributed by atoms with van der Waals surface area (Å²) in [6.07, 6.45) is 9.43. The molecule has 1 fully saturated rings. The van der Waals surface area contributed by atoms with E-state index in [9.17, 15) is 5.26 Å². The van der Waals surface area contributed by atoms with Gasteiger partial charge in [-0.05, 0) is 26.2 Å². The van der Waals surface area contributed by atoms with Crippen LogP contribution < -0.4 is 4.90 Å². The Balaban J connectivity index is 1.96. The average molecular weight is 308 g/mol. The highest BCUT2D eigenvalue weighted by molar-refractivity contribution is 5.64. The third kappa shape index (κ3) is 2.03. The molecule has 1 aliphatic heterocycles. The molecule has 2 aromatic rings. The molecule has 2 aromatic heterocycles. The SMILES string of the molecule is CCC1c2c(C#N)ncn2-c2cnc(C)nc2N1C1CCCC1. The van der Waals surface area contributed by atoms with Gasteiger partial charge in [0.15, 0.2) is 11.5 Å². The van der Waals surface area contributed by atoms with Crippen LogP contribution in [0.1, 0.15) is 62.3 Å². The summed E-state index contributed by atoms with van der Waals surface area (Å²) in [6, 6.07) is 2.89. The van der Waals surface area contributed by atoms with Gasteiger partial charge < -0.3 is 4.90 Å². The van der Waals surface area contributed by atoms with E-state index in [1.54, 1.807) is 6.33 Å². The number of aryl methyl sites for hydroxylation is 1. The van der Waals surface area contributed by atoms with Crippen molar-refractivity contribution in [1.82, 2.24) is 19.5 Å². The van der Waals surface area contributed by atoms with E-state index in [1.165, 1.54) is 25.7 Å². The molecular weight excluding hydrogens is 288 g/mol. The quantitative estimate of drug-likeness (QED) is 0.852. The first-order chi connectivity index (χ1) is 11.2. The van der Waals surface area contributed by atoms with Gasteiger partial charge in [0.2, 0.25) is 0 Å². The number of aromatic nitrogens is 4. The van der Waals surface area contributed by atoms with Gasteiger partial charge in [0.05, 0.1) is 17.9 Å². The smallest absolute Gasteiger partial charge is 0.164 e. The van der Waals surface area contributed by atoms with Crippen LogP contribution in [0.2, 0.25) is 0 Å². The first kappa shape index (κ1) is 14.2. The van der Waals surface area contributed by atoms with Gasteiger partial charge in [0.25, 0.3) is 0 Å². The second-order valence-electron chi connectivity index (χ2n) is 6.36. The monoisotopic (exact) mass is 308 g/mol. The zero-order valence-corrected chi connectivity index (χ0v) is 13.5. The number of nitriles is 1. The Morgan fingerprint density at radius 1 is 1.30 bits per heavy atom. The molecule has 118 valence electrons. The van der Waals surface area contributed by atoms with Crippen molar-refractivity contribution in [3.05, 3.63) is 29.7 Å². The van der Waals surface area contributed by atoms with Crippen molar-refractivity contribution in [2.75, 3.05) is 4.90 Å². The van der Waals surface area contributed by atoms with E-state index in [1.807, 2.05) is 17.7 Å². The van der Waals surface area contributed by atoms with Crippen molar-refractivity contribution in [2.24, 2.45) is 0 Å². The Labute approximate surface area is 135 Å². The summed E-state index contributed by atoms with van der Waals surface area (Å²) in [4.78, 5) is 15.9. The number of imidazole rings is 1. The van der Waals surface area contributed by atoms with Crippen molar-refractivity contribution in [1.29, 1.82) is 5.26 Å². The van der Waals surface area contributed by atoms with Crippen LogP contribution >= 0.6 is 0 Å².